The van der Waals surface area contributed by atoms with Gasteiger partial charge in [-0.25, -0.2) is 4.98 Å². The fraction of sp³-hybridized carbons (Fsp3) is 0.400. The lowest BCUT2D eigenvalue weighted by Gasteiger charge is -2.04. The third-order valence-electron chi connectivity index (χ3n) is 2.11. The third-order valence-corrected chi connectivity index (χ3v) is 2.11. The summed E-state index contributed by atoms with van der Waals surface area (Å²) in [5.74, 6) is 0.383. The van der Waals surface area contributed by atoms with Gasteiger partial charge in [-0.15, -0.1) is 0 Å². The normalized spacial score (nSPS) is 11.4. The lowest BCUT2D eigenvalue weighted by Crippen LogP contribution is -1.94. The topological polar surface area (TPSA) is 38.9 Å². The number of aromatic nitrogens is 2. The number of aryl methyl sites for hydroxylation is 1. The van der Waals surface area contributed by atoms with Crippen molar-refractivity contribution in [2.75, 3.05) is 0 Å². The molecule has 2 aromatic rings. The average molecular weight is 176 g/mol. The van der Waals surface area contributed by atoms with Crippen LogP contribution in [0.1, 0.15) is 31.0 Å². The molecule has 0 atom stereocenters. The van der Waals surface area contributed by atoms with E-state index in [1.54, 1.807) is 0 Å². The first kappa shape index (κ1) is 8.23. The van der Waals surface area contributed by atoms with Crippen LogP contribution in [0.4, 0.5) is 0 Å². The summed E-state index contributed by atoms with van der Waals surface area (Å²) in [6.45, 7) is 6.18. The van der Waals surface area contributed by atoms with Gasteiger partial charge in [-0.1, -0.05) is 13.8 Å². The molecule has 0 saturated heterocycles. The molecule has 0 bridgehead atoms. The van der Waals surface area contributed by atoms with Gasteiger partial charge in [-0.05, 0) is 12.8 Å². The van der Waals surface area contributed by atoms with Crippen LogP contribution in [0.3, 0.4) is 0 Å². The van der Waals surface area contributed by atoms with Gasteiger partial charge < -0.3 is 4.42 Å². The van der Waals surface area contributed by atoms with Gasteiger partial charge >= 0.3 is 0 Å². The second-order valence-electron chi connectivity index (χ2n) is 3.51. The molecule has 2 aromatic heterocycles. The SMILES string of the molecule is Cc1cnc(C(C)C)c2ncoc12. The minimum Gasteiger partial charge on any atom is -0.443 e. The molecule has 0 aliphatic rings. The first-order valence-electron chi connectivity index (χ1n) is 4.39. The Bertz CT molecular complexity index is 431. The summed E-state index contributed by atoms with van der Waals surface area (Å²) >= 11 is 0. The second-order valence-corrected chi connectivity index (χ2v) is 3.51. The summed E-state index contributed by atoms with van der Waals surface area (Å²) in [7, 11) is 0. The average Bonchev–Trinajstić information content (AvgIpc) is 2.53. The van der Waals surface area contributed by atoms with E-state index in [2.05, 4.69) is 23.8 Å². The summed E-state index contributed by atoms with van der Waals surface area (Å²) < 4.78 is 5.29. The number of fused-ring (bicyclic) bond motifs is 1. The number of hydrogen-bond donors (Lipinski definition) is 0. The van der Waals surface area contributed by atoms with Crippen molar-refractivity contribution >= 4 is 11.1 Å². The largest absolute Gasteiger partial charge is 0.443 e. The fourth-order valence-electron chi connectivity index (χ4n) is 1.42. The highest BCUT2D eigenvalue weighted by Gasteiger charge is 2.11. The first-order valence-corrected chi connectivity index (χ1v) is 4.39. The van der Waals surface area contributed by atoms with Gasteiger partial charge in [-0.3, -0.25) is 4.98 Å². The van der Waals surface area contributed by atoms with Gasteiger partial charge in [0.25, 0.3) is 0 Å². The number of oxazole rings is 1. The molecular weight excluding hydrogens is 164 g/mol. The lowest BCUT2D eigenvalue weighted by atomic mass is 10.1. The van der Waals surface area contributed by atoms with Crippen LogP contribution in [0.5, 0.6) is 0 Å². The lowest BCUT2D eigenvalue weighted by molar-refractivity contribution is 0.599. The molecule has 0 N–H and O–H groups in total. The molecule has 0 aliphatic heterocycles. The molecule has 0 amide bonds. The smallest absolute Gasteiger partial charge is 0.182 e. The van der Waals surface area contributed by atoms with Gasteiger partial charge in [0, 0.05) is 11.8 Å². The molecule has 2 rings (SSSR count). The van der Waals surface area contributed by atoms with Crippen LogP contribution < -0.4 is 0 Å². The van der Waals surface area contributed by atoms with E-state index >= 15 is 0 Å². The fourth-order valence-corrected chi connectivity index (χ4v) is 1.42. The monoisotopic (exact) mass is 176 g/mol. The van der Waals surface area contributed by atoms with Crippen molar-refractivity contribution in [3.05, 3.63) is 23.8 Å². The van der Waals surface area contributed by atoms with Crippen LogP contribution in [0, 0.1) is 6.92 Å². The summed E-state index contributed by atoms with van der Waals surface area (Å²) in [5, 5.41) is 0. The number of nitrogens with zero attached hydrogens (tertiary/aromatic N) is 2. The standard InChI is InChI=1S/C10H12N2O/c1-6(2)8-9-10(13-5-12-9)7(3)4-11-8/h4-6H,1-3H3. The molecule has 68 valence electrons. The van der Waals surface area contributed by atoms with Crippen molar-refractivity contribution < 1.29 is 4.42 Å². The van der Waals surface area contributed by atoms with Crippen molar-refractivity contribution in [1.82, 2.24) is 9.97 Å². The highest BCUT2D eigenvalue weighted by atomic mass is 16.3. The third kappa shape index (κ3) is 1.20. The summed E-state index contributed by atoms with van der Waals surface area (Å²) in [5.41, 5.74) is 3.81. The number of hydrogen-bond acceptors (Lipinski definition) is 3. The van der Waals surface area contributed by atoms with Crippen LogP contribution in [0.25, 0.3) is 11.1 Å². The predicted octanol–water partition coefficient (Wildman–Crippen LogP) is 2.65. The molecule has 0 fully saturated rings. The van der Waals surface area contributed by atoms with Gasteiger partial charge in [0.05, 0.1) is 5.69 Å². The molecule has 13 heavy (non-hydrogen) atoms. The zero-order chi connectivity index (χ0) is 9.42. The van der Waals surface area contributed by atoms with Crippen LogP contribution in [0.2, 0.25) is 0 Å². The van der Waals surface area contributed by atoms with Gasteiger partial charge in [0.2, 0.25) is 0 Å². The molecule has 2 heterocycles. The Morgan fingerprint density at radius 2 is 2.08 bits per heavy atom. The first-order chi connectivity index (χ1) is 6.20. The maximum absolute atomic E-state index is 5.29. The summed E-state index contributed by atoms with van der Waals surface area (Å²) in [6.07, 6.45) is 3.31. The molecule has 0 aromatic carbocycles. The Morgan fingerprint density at radius 1 is 1.31 bits per heavy atom. The van der Waals surface area contributed by atoms with E-state index in [-0.39, 0.29) is 0 Å². The van der Waals surface area contributed by atoms with Crippen molar-refractivity contribution in [2.45, 2.75) is 26.7 Å². The van der Waals surface area contributed by atoms with E-state index in [0.717, 1.165) is 22.4 Å². The highest BCUT2D eigenvalue weighted by molar-refractivity contribution is 5.77. The van der Waals surface area contributed by atoms with Gasteiger partial charge in [0.1, 0.15) is 5.52 Å². The maximum Gasteiger partial charge on any atom is 0.182 e. The summed E-state index contributed by atoms with van der Waals surface area (Å²) in [6, 6.07) is 0. The van der Waals surface area contributed by atoms with E-state index < -0.39 is 0 Å². The predicted molar refractivity (Wildman–Crippen MR) is 50.6 cm³/mol. The van der Waals surface area contributed by atoms with E-state index in [0.29, 0.717) is 5.92 Å². The molecule has 0 spiro atoms. The zero-order valence-corrected chi connectivity index (χ0v) is 8.03. The second kappa shape index (κ2) is 2.83. The molecule has 0 unspecified atom stereocenters. The van der Waals surface area contributed by atoms with Crippen molar-refractivity contribution in [1.29, 1.82) is 0 Å². The Balaban J connectivity index is 2.78. The van der Waals surface area contributed by atoms with Crippen LogP contribution in [-0.4, -0.2) is 9.97 Å². The van der Waals surface area contributed by atoms with Crippen molar-refractivity contribution in [3.63, 3.8) is 0 Å². The Hall–Kier alpha value is -1.38. The van der Waals surface area contributed by atoms with E-state index in [9.17, 15) is 0 Å². The molecular formula is C10H12N2O. The molecule has 0 aliphatic carbocycles. The Morgan fingerprint density at radius 3 is 2.77 bits per heavy atom. The van der Waals surface area contributed by atoms with Crippen LogP contribution >= 0.6 is 0 Å². The minimum absolute atomic E-state index is 0.383. The Kier molecular flexibility index (Phi) is 1.79. The van der Waals surface area contributed by atoms with E-state index in [4.69, 9.17) is 4.42 Å². The molecule has 3 heteroatoms. The quantitative estimate of drug-likeness (QED) is 0.670. The molecule has 0 saturated carbocycles. The maximum atomic E-state index is 5.29. The van der Waals surface area contributed by atoms with Crippen LogP contribution in [0.15, 0.2) is 17.0 Å². The molecule has 3 nitrogen and oxygen atoms in total. The minimum atomic E-state index is 0.383. The van der Waals surface area contributed by atoms with Crippen LogP contribution in [-0.2, 0) is 0 Å². The number of rotatable bonds is 1. The van der Waals surface area contributed by atoms with Crippen molar-refractivity contribution in [2.24, 2.45) is 0 Å². The summed E-state index contributed by atoms with van der Waals surface area (Å²) in [4.78, 5) is 8.53. The zero-order valence-electron chi connectivity index (χ0n) is 8.03. The number of pyridine rings is 1. The van der Waals surface area contributed by atoms with Gasteiger partial charge in [-0.2, -0.15) is 0 Å². The van der Waals surface area contributed by atoms with Gasteiger partial charge in [0.15, 0.2) is 12.0 Å². The van der Waals surface area contributed by atoms with E-state index in [1.165, 1.54) is 6.39 Å². The highest BCUT2D eigenvalue weighted by Crippen LogP contribution is 2.23. The van der Waals surface area contributed by atoms with Crippen molar-refractivity contribution in [3.8, 4) is 0 Å². The molecule has 0 radical (unpaired) electrons. The Labute approximate surface area is 76.8 Å². The van der Waals surface area contributed by atoms with E-state index in [1.807, 2.05) is 13.1 Å².